The Morgan fingerprint density at radius 1 is 1.19 bits per heavy atom. The Bertz CT molecular complexity index is 985. The van der Waals surface area contributed by atoms with Gasteiger partial charge in [-0.2, -0.15) is 0 Å². The van der Waals surface area contributed by atoms with Crippen LogP contribution >= 0.6 is 0 Å². The van der Waals surface area contributed by atoms with Gasteiger partial charge in [0.1, 0.15) is 0 Å². The van der Waals surface area contributed by atoms with Crippen LogP contribution in [0.4, 0.5) is 0 Å². The van der Waals surface area contributed by atoms with Crippen LogP contribution in [0.3, 0.4) is 0 Å². The summed E-state index contributed by atoms with van der Waals surface area (Å²) < 4.78 is 6.72. The summed E-state index contributed by atoms with van der Waals surface area (Å²) in [6.07, 6.45) is 1.90. The van der Waals surface area contributed by atoms with E-state index < -0.39 is 11.8 Å². The molecule has 2 aromatic rings. The van der Waals surface area contributed by atoms with Crippen molar-refractivity contribution >= 4 is 28.4 Å². The lowest BCUT2D eigenvalue weighted by Gasteiger charge is -2.34. The highest BCUT2D eigenvalue weighted by Gasteiger charge is 2.44. The molecule has 6 heteroatoms. The van der Waals surface area contributed by atoms with E-state index in [1.54, 1.807) is 17.8 Å². The number of carbonyl (C=O) groups excluding carboxylic acids is 3. The Labute approximate surface area is 151 Å². The van der Waals surface area contributed by atoms with Gasteiger partial charge >= 0.3 is 5.97 Å². The molecule has 1 aromatic heterocycles. The lowest BCUT2D eigenvalue weighted by atomic mass is 9.79. The van der Waals surface area contributed by atoms with E-state index in [9.17, 15) is 14.4 Å². The number of fused-ring (bicyclic) bond motifs is 4. The molecule has 134 valence electrons. The van der Waals surface area contributed by atoms with E-state index >= 15 is 0 Å². The average molecular weight is 352 g/mol. The van der Waals surface area contributed by atoms with Gasteiger partial charge in [0.05, 0.1) is 24.3 Å². The van der Waals surface area contributed by atoms with Gasteiger partial charge in [-0.1, -0.05) is 18.2 Å². The highest BCUT2D eigenvalue weighted by atomic mass is 16.5. The zero-order valence-corrected chi connectivity index (χ0v) is 15.0. The number of carbonyl (C=O) groups is 3. The molecule has 1 aliphatic carbocycles. The standard InChI is InChI=1S/C20H20N2O4/c1-21-9-13-12(14(10-21)20(25)26-3)8-16(23)18-17(19(13)24)11-6-4-5-7-15(11)22(18)2/h4-7,9,12,14H,8,10H2,1-3H3/t12-,14+/m1/s1. The number of para-hydroxylation sites is 1. The van der Waals surface area contributed by atoms with Gasteiger partial charge in [0.15, 0.2) is 11.6 Å². The molecule has 0 bridgehead atoms. The second-order valence-electron chi connectivity index (χ2n) is 7.02. The number of aromatic nitrogens is 1. The van der Waals surface area contributed by atoms with E-state index in [-0.39, 0.29) is 24.0 Å². The lowest BCUT2D eigenvalue weighted by Crippen LogP contribution is -2.40. The Balaban J connectivity index is 1.95. The average Bonchev–Trinajstić information content (AvgIpc) is 2.88. The number of ketones is 2. The third-order valence-corrected chi connectivity index (χ3v) is 5.50. The number of hydrogen-bond donors (Lipinski definition) is 0. The fourth-order valence-corrected chi connectivity index (χ4v) is 4.30. The quantitative estimate of drug-likeness (QED) is 0.736. The van der Waals surface area contributed by atoms with Crippen LogP contribution in [-0.2, 0) is 16.6 Å². The minimum absolute atomic E-state index is 0.112. The minimum Gasteiger partial charge on any atom is -0.469 e. The van der Waals surface area contributed by atoms with Crippen molar-refractivity contribution in [1.82, 2.24) is 9.47 Å². The summed E-state index contributed by atoms with van der Waals surface area (Å²) in [7, 11) is 4.96. The minimum atomic E-state index is -0.529. The van der Waals surface area contributed by atoms with Crippen LogP contribution in [0, 0.1) is 11.8 Å². The van der Waals surface area contributed by atoms with Crippen LogP contribution in [0.2, 0.25) is 0 Å². The Hall–Kier alpha value is -2.89. The molecule has 4 rings (SSSR count). The van der Waals surface area contributed by atoms with Crippen LogP contribution in [0.25, 0.3) is 10.9 Å². The summed E-state index contributed by atoms with van der Waals surface area (Å²) in [6, 6.07) is 7.52. The molecule has 2 aliphatic rings. The fourth-order valence-electron chi connectivity index (χ4n) is 4.30. The Kier molecular flexibility index (Phi) is 3.72. The fraction of sp³-hybridized carbons (Fsp3) is 0.350. The van der Waals surface area contributed by atoms with E-state index in [2.05, 4.69) is 0 Å². The molecule has 0 amide bonds. The molecule has 0 spiro atoms. The Morgan fingerprint density at radius 2 is 1.92 bits per heavy atom. The van der Waals surface area contributed by atoms with E-state index in [1.807, 2.05) is 36.2 Å². The predicted molar refractivity (Wildman–Crippen MR) is 95.9 cm³/mol. The van der Waals surface area contributed by atoms with Crippen molar-refractivity contribution in [2.75, 3.05) is 20.7 Å². The van der Waals surface area contributed by atoms with Gasteiger partial charge < -0.3 is 14.2 Å². The molecule has 0 fully saturated rings. The number of Topliss-reactive ketones (excluding diaryl/α,β-unsaturated/α-hetero) is 2. The van der Waals surface area contributed by atoms with Gasteiger partial charge in [-0.25, -0.2) is 0 Å². The van der Waals surface area contributed by atoms with Gasteiger partial charge in [-0.3, -0.25) is 14.4 Å². The topological polar surface area (TPSA) is 68.6 Å². The first-order chi connectivity index (χ1) is 12.4. The smallest absolute Gasteiger partial charge is 0.311 e. The van der Waals surface area contributed by atoms with Crippen molar-refractivity contribution in [3.05, 3.63) is 47.3 Å². The maximum Gasteiger partial charge on any atom is 0.311 e. The predicted octanol–water partition coefficient (Wildman–Crippen LogP) is 2.18. The molecular weight excluding hydrogens is 332 g/mol. The second kappa shape index (κ2) is 5.83. The zero-order valence-electron chi connectivity index (χ0n) is 15.0. The van der Waals surface area contributed by atoms with E-state index in [0.29, 0.717) is 23.4 Å². The molecular formula is C20H20N2O4. The number of allylic oxidation sites excluding steroid dienone is 1. The first-order valence-electron chi connectivity index (χ1n) is 8.59. The number of ether oxygens (including phenoxy) is 1. The normalized spacial score (nSPS) is 22.6. The van der Waals surface area contributed by atoms with Crippen LogP contribution < -0.4 is 0 Å². The molecule has 2 heterocycles. The second-order valence-corrected chi connectivity index (χ2v) is 7.02. The van der Waals surface area contributed by atoms with Crippen molar-refractivity contribution in [3.63, 3.8) is 0 Å². The number of esters is 1. The summed E-state index contributed by atoms with van der Waals surface area (Å²) >= 11 is 0. The summed E-state index contributed by atoms with van der Waals surface area (Å²) in [5.74, 6) is -1.65. The van der Waals surface area contributed by atoms with Gasteiger partial charge in [-0.15, -0.1) is 0 Å². The monoisotopic (exact) mass is 352 g/mol. The largest absolute Gasteiger partial charge is 0.469 e. The molecule has 6 nitrogen and oxygen atoms in total. The molecule has 0 N–H and O–H groups in total. The first-order valence-corrected chi connectivity index (χ1v) is 8.59. The zero-order chi connectivity index (χ0) is 18.6. The van der Waals surface area contributed by atoms with Gasteiger partial charge in [0, 0.05) is 55.7 Å². The molecule has 26 heavy (non-hydrogen) atoms. The third kappa shape index (κ3) is 2.21. The molecule has 0 saturated heterocycles. The number of aryl methyl sites for hydroxylation is 1. The van der Waals surface area contributed by atoms with Crippen molar-refractivity contribution < 1.29 is 19.1 Å². The Morgan fingerprint density at radius 3 is 2.65 bits per heavy atom. The number of benzene rings is 1. The van der Waals surface area contributed by atoms with E-state index in [4.69, 9.17) is 4.74 Å². The maximum atomic E-state index is 13.4. The van der Waals surface area contributed by atoms with E-state index in [0.717, 1.165) is 10.9 Å². The van der Waals surface area contributed by atoms with Crippen molar-refractivity contribution in [1.29, 1.82) is 0 Å². The van der Waals surface area contributed by atoms with E-state index in [1.165, 1.54) is 7.11 Å². The molecule has 0 radical (unpaired) electrons. The van der Waals surface area contributed by atoms with Crippen LogP contribution in [0.1, 0.15) is 27.3 Å². The van der Waals surface area contributed by atoms with Crippen LogP contribution in [0.15, 0.2) is 36.0 Å². The maximum absolute atomic E-state index is 13.4. The number of rotatable bonds is 1. The van der Waals surface area contributed by atoms with Gasteiger partial charge in [-0.05, 0) is 6.07 Å². The molecule has 0 saturated carbocycles. The SMILES string of the molecule is COC(=O)[C@H]1CN(C)C=C2C(=O)c3c(n(C)c4ccccc34)C(=O)C[C@H]21. The van der Waals surface area contributed by atoms with Crippen LogP contribution in [0.5, 0.6) is 0 Å². The summed E-state index contributed by atoms with van der Waals surface area (Å²) in [5.41, 5.74) is 2.24. The van der Waals surface area contributed by atoms with Crippen LogP contribution in [-0.4, -0.2) is 47.7 Å². The highest BCUT2D eigenvalue weighted by molar-refractivity contribution is 6.24. The van der Waals surface area contributed by atoms with Crippen molar-refractivity contribution in [2.24, 2.45) is 18.9 Å². The van der Waals surface area contributed by atoms with Crippen molar-refractivity contribution in [3.8, 4) is 0 Å². The van der Waals surface area contributed by atoms with Gasteiger partial charge in [0.2, 0.25) is 0 Å². The lowest BCUT2D eigenvalue weighted by molar-refractivity contribution is -0.147. The number of nitrogens with zero attached hydrogens (tertiary/aromatic N) is 2. The summed E-state index contributed by atoms with van der Waals surface area (Å²) in [5, 5.41) is 0.771. The molecule has 0 unspecified atom stereocenters. The molecule has 1 aromatic carbocycles. The summed E-state index contributed by atoms with van der Waals surface area (Å²) in [6.45, 7) is 0.429. The third-order valence-electron chi connectivity index (χ3n) is 5.50. The molecule has 1 aliphatic heterocycles. The van der Waals surface area contributed by atoms with Crippen molar-refractivity contribution in [2.45, 2.75) is 6.42 Å². The van der Waals surface area contributed by atoms with Gasteiger partial charge in [0.25, 0.3) is 0 Å². The molecule has 2 atom stereocenters. The number of hydrogen-bond acceptors (Lipinski definition) is 5. The number of methoxy groups -OCH3 is 1. The summed E-state index contributed by atoms with van der Waals surface area (Å²) in [4.78, 5) is 40.6. The first kappa shape index (κ1) is 16.6. The highest BCUT2D eigenvalue weighted by Crippen LogP contribution is 2.40.